The van der Waals surface area contributed by atoms with Crippen molar-refractivity contribution in [2.75, 3.05) is 19.8 Å². The lowest BCUT2D eigenvalue weighted by Gasteiger charge is -2.38. The fraction of sp³-hybridized carbons (Fsp3) is 0.923. The van der Waals surface area contributed by atoms with Crippen molar-refractivity contribution >= 4 is 5.91 Å². The van der Waals surface area contributed by atoms with Gasteiger partial charge in [0.25, 0.3) is 0 Å². The summed E-state index contributed by atoms with van der Waals surface area (Å²) in [4.78, 5) is 11.8. The molecule has 0 aromatic heterocycles. The average molecular weight is 242 g/mol. The molecule has 2 N–H and O–H groups in total. The Balaban J connectivity index is 2.21. The zero-order valence-corrected chi connectivity index (χ0v) is 11.5. The van der Waals surface area contributed by atoms with Crippen LogP contribution in [0.25, 0.3) is 0 Å². The summed E-state index contributed by atoms with van der Waals surface area (Å²) in [6, 6.07) is 0.131. The van der Waals surface area contributed by atoms with Gasteiger partial charge < -0.3 is 15.4 Å². The molecule has 0 spiro atoms. The van der Waals surface area contributed by atoms with E-state index >= 15 is 0 Å². The van der Waals surface area contributed by atoms with Crippen LogP contribution in [-0.4, -0.2) is 37.7 Å². The molecule has 0 aromatic rings. The lowest BCUT2D eigenvalue weighted by molar-refractivity contribution is -0.125. The van der Waals surface area contributed by atoms with Gasteiger partial charge in [-0.3, -0.25) is 4.79 Å². The standard InChI is InChI=1S/C13H26N2O2/c1-5-6-10(2)15-12(16)11(3)14-7-13(4)8-17-9-13/h10-11,14H,5-9H2,1-4H3,(H,15,16). The normalized spacial score (nSPS) is 21.4. The van der Waals surface area contributed by atoms with Crippen molar-refractivity contribution < 1.29 is 9.53 Å². The van der Waals surface area contributed by atoms with E-state index in [9.17, 15) is 4.79 Å². The van der Waals surface area contributed by atoms with Crippen LogP contribution < -0.4 is 10.6 Å². The van der Waals surface area contributed by atoms with E-state index in [1.165, 1.54) is 0 Å². The highest BCUT2D eigenvalue weighted by Crippen LogP contribution is 2.25. The summed E-state index contributed by atoms with van der Waals surface area (Å²) < 4.78 is 5.19. The van der Waals surface area contributed by atoms with Crippen LogP contribution in [0.2, 0.25) is 0 Å². The fourth-order valence-electron chi connectivity index (χ4n) is 1.92. The second kappa shape index (κ2) is 6.36. The van der Waals surface area contributed by atoms with E-state index < -0.39 is 0 Å². The topological polar surface area (TPSA) is 50.4 Å². The zero-order valence-electron chi connectivity index (χ0n) is 11.5. The molecule has 2 atom stereocenters. The number of carbonyl (C=O) groups excluding carboxylic acids is 1. The lowest BCUT2D eigenvalue weighted by Crippen LogP contribution is -2.52. The maximum atomic E-state index is 11.8. The van der Waals surface area contributed by atoms with Crippen LogP contribution in [0.1, 0.15) is 40.5 Å². The highest BCUT2D eigenvalue weighted by Gasteiger charge is 2.33. The number of carbonyl (C=O) groups is 1. The van der Waals surface area contributed by atoms with Gasteiger partial charge in [-0.1, -0.05) is 20.3 Å². The molecular weight excluding hydrogens is 216 g/mol. The Hall–Kier alpha value is -0.610. The van der Waals surface area contributed by atoms with Crippen LogP contribution in [0.4, 0.5) is 0 Å². The van der Waals surface area contributed by atoms with E-state index in [1.54, 1.807) is 0 Å². The van der Waals surface area contributed by atoms with Gasteiger partial charge in [0.15, 0.2) is 0 Å². The average Bonchev–Trinajstić information content (AvgIpc) is 2.23. The molecule has 0 bridgehead atoms. The maximum Gasteiger partial charge on any atom is 0.237 e. The van der Waals surface area contributed by atoms with Gasteiger partial charge in [-0.15, -0.1) is 0 Å². The third-order valence-corrected chi connectivity index (χ3v) is 3.24. The van der Waals surface area contributed by atoms with Gasteiger partial charge in [-0.2, -0.15) is 0 Å². The quantitative estimate of drug-likeness (QED) is 0.707. The summed E-state index contributed by atoms with van der Waals surface area (Å²) in [6.45, 7) is 10.7. The largest absolute Gasteiger partial charge is 0.380 e. The van der Waals surface area contributed by atoms with Crippen molar-refractivity contribution in [3.05, 3.63) is 0 Å². The van der Waals surface area contributed by atoms with Crippen LogP contribution in [-0.2, 0) is 9.53 Å². The number of rotatable bonds is 7. The van der Waals surface area contributed by atoms with Crippen LogP contribution in [0.3, 0.4) is 0 Å². The van der Waals surface area contributed by atoms with Crippen molar-refractivity contribution in [3.63, 3.8) is 0 Å². The van der Waals surface area contributed by atoms with Crippen molar-refractivity contribution in [1.82, 2.24) is 10.6 Å². The molecule has 0 aromatic carbocycles. The molecular formula is C13H26N2O2. The molecule has 0 radical (unpaired) electrons. The van der Waals surface area contributed by atoms with Gasteiger partial charge in [0.1, 0.15) is 0 Å². The SMILES string of the molecule is CCCC(C)NC(=O)C(C)NCC1(C)COC1. The van der Waals surface area contributed by atoms with Crippen molar-refractivity contribution in [2.45, 2.75) is 52.6 Å². The maximum absolute atomic E-state index is 11.8. The van der Waals surface area contributed by atoms with Crippen molar-refractivity contribution in [3.8, 4) is 0 Å². The van der Waals surface area contributed by atoms with Gasteiger partial charge >= 0.3 is 0 Å². The predicted octanol–water partition coefficient (Wildman–Crippen LogP) is 1.31. The fourth-order valence-corrected chi connectivity index (χ4v) is 1.92. The first kappa shape index (κ1) is 14.5. The van der Waals surface area contributed by atoms with Gasteiger partial charge in [-0.25, -0.2) is 0 Å². The highest BCUT2D eigenvalue weighted by molar-refractivity contribution is 5.81. The summed E-state index contributed by atoms with van der Waals surface area (Å²) in [5.74, 6) is 0.0924. The molecule has 1 saturated heterocycles. The van der Waals surface area contributed by atoms with E-state index in [4.69, 9.17) is 4.74 Å². The minimum atomic E-state index is -0.133. The van der Waals surface area contributed by atoms with Gasteiger partial charge in [0.05, 0.1) is 19.3 Å². The smallest absolute Gasteiger partial charge is 0.237 e. The number of hydrogen-bond acceptors (Lipinski definition) is 3. The zero-order chi connectivity index (χ0) is 12.9. The molecule has 4 heteroatoms. The Kier molecular flexibility index (Phi) is 5.40. The number of ether oxygens (including phenoxy) is 1. The first-order valence-corrected chi connectivity index (χ1v) is 6.58. The molecule has 100 valence electrons. The molecule has 1 rings (SSSR count). The third kappa shape index (κ3) is 4.64. The minimum absolute atomic E-state index is 0.0924. The van der Waals surface area contributed by atoms with E-state index in [2.05, 4.69) is 31.4 Å². The minimum Gasteiger partial charge on any atom is -0.380 e. The van der Waals surface area contributed by atoms with E-state index in [0.29, 0.717) is 0 Å². The van der Waals surface area contributed by atoms with Crippen molar-refractivity contribution in [2.24, 2.45) is 5.41 Å². The van der Waals surface area contributed by atoms with Crippen LogP contribution in [0, 0.1) is 5.41 Å². The molecule has 1 fully saturated rings. The Morgan fingerprint density at radius 3 is 2.53 bits per heavy atom. The number of nitrogens with one attached hydrogen (secondary N) is 2. The summed E-state index contributed by atoms with van der Waals surface area (Å²) in [5, 5.41) is 6.30. The molecule has 0 saturated carbocycles. The molecule has 4 nitrogen and oxygen atoms in total. The van der Waals surface area contributed by atoms with E-state index in [0.717, 1.165) is 32.6 Å². The summed E-state index contributed by atoms with van der Waals surface area (Å²) in [6.07, 6.45) is 2.13. The van der Waals surface area contributed by atoms with Crippen molar-refractivity contribution in [1.29, 1.82) is 0 Å². The summed E-state index contributed by atoms with van der Waals surface area (Å²) >= 11 is 0. The molecule has 17 heavy (non-hydrogen) atoms. The Morgan fingerprint density at radius 2 is 2.06 bits per heavy atom. The Bertz CT molecular complexity index is 252. The molecule has 2 unspecified atom stereocenters. The summed E-state index contributed by atoms with van der Waals surface area (Å²) in [7, 11) is 0. The lowest BCUT2D eigenvalue weighted by atomic mass is 9.88. The van der Waals surface area contributed by atoms with Crippen LogP contribution in [0.5, 0.6) is 0 Å². The van der Waals surface area contributed by atoms with Gasteiger partial charge in [0, 0.05) is 18.0 Å². The Morgan fingerprint density at radius 1 is 1.41 bits per heavy atom. The van der Waals surface area contributed by atoms with Gasteiger partial charge in [-0.05, 0) is 20.3 Å². The monoisotopic (exact) mass is 242 g/mol. The number of hydrogen-bond donors (Lipinski definition) is 2. The van der Waals surface area contributed by atoms with Gasteiger partial charge in [0.2, 0.25) is 5.91 Å². The molecule has 1 aliphatic heterocycles. The molecule has 1 aliphatic rings. The predicted molar refractivity (Wildman–Crippen MR) is 68.9 cm³/mol. The molecule has 0 aliphatic carbocycles. The first-order chi connectivity index (χ1) is 7.97. The first-order valence-electron chi connectivity index (χ1n) is 6.58. The summed E-state index contributed by atoms with van der Waals surface area (Å²) in [5.41, 5.74) is 0.212. The molecule has 1 amide bonds. The number of amides is 1. The van der Waals surface area contributed by atoms with E-state index in [1.807, 2.05) is 6.92 Å². The Labute approximate surface area is 104 Å². The van der Waals surface area contributed by atoms with Crippen LogP contribution >= 0.6 is 0 Å². The molecule has 1 heterocycles. The highest BCUT2D eigenvalue weighted by atomic mass is 16.5. The van der Waals surface area contributed by atoms with Crippen LogP contribution in [0.15, 0.2) is 0 Å². The van der Waals surface area contributed by atoms with E-state index in [-0.39, 0.29) is 23.4 Å². The third-order valence-electron chi connectivity index (χ3n) is 3.24. The second-order valence-corrected chi connectivity index (χ2v) is 5.60. The second-order valence-electron chi connectivity index (χ2n) is 5.60.